The molecule has 1 aliphatic heterocycles. The molecular weight excluding hydrogens is 180 g/mol. The fourth-order valence-corrected chi connectivity index (χ4v) is 1.62. The van der Waals surface area contributed by atoms with Gasteiger partial charge in [-0.15, -0.1) is 0 Å². The van der Waals surface area contributed by atoms with Gasteiger partial charge >= 0.3 is 0 Å². The van der Waals surface area contributed by atoms with Crippen molar-refractivity contribution >= 4 is 11.6 Å². The van der Waals surface area contributed by atoms with E-state index < -0.39 is 0 Å². The van der Waals surface area contributed by atoms with Crippen LogP contribution in [0.4, 0.5) is 5.69 Å². The molecule has 1 fully saturated rings. The lowest BCUT2D eigenvalue weighted by atomic mass is 10.0. The molecule has 1 atom stereocenters. The van der Waals surface area contributed by atoms with Crippen molar-refractivity contribution in [1.29, 1.82) is 0 Å². The van der Waals surface area contributed by atoms with Gasteiger partial charge in [0, 0.05) is 6.20 Å². The topological polar surface area (TPSA) is 69.8 Å². The molecule has 1 aliphatic rings. The highest BCUT2D eigenvalue weighted by molar-refractivity contribution is 5.94. The van der Waals surface area contributed by atoms with Crippen LogP contribution in [0.3, 0.4) is 0 Å². The number of hydrogen-bond donors (Lipinski definition) is 3. The molecule has 0 radical (unpaired) electrons. The molecule has 0 aromatic carbocycles. The zero-order valence-electron chi connectivity index (χ0n) is 7.92. The highest BCUT2D eigenvalue weighted by Gasteiger charge is 2.20. The van der Waals surface area contributed by atoms with Crippen molar-refractivity contribution in [2.75, 3.05) is 11.9 Å². The van der Waals surface area contributed by atoms with Crippen molar-refractivity contribution in [3.63, 3.8) is 0 Å². The second kappa shape index (κ2) is 4.23. The average Bonchev–Trinajstić information content (AvgIpc) is 2.72. The number of amides is 1. The molecule has 0 saturated carbocycles. The number of rotatable bonds is 2. The summed E-state index contributed by atoms with van der Waals surface area (Å²) in [7, 11) is 0. The Morgan fingerprint density at radius 3 is 3.14 bits per heavy atom. The fourth-order valence-electron chi connectivity index (χ4n) is 1.62. The molecule has 1 amide bonds. The van der Waals surface area contributed by atoms with E-state index in [-0.39, 0.29) is 11.9 Å². The number of piperidine rings is 1. The van der Waals surface area contributed by atoms with Crippen LogP contribution in [-0.2, 0) is 4.79 Å². The lowest BCUT2D eigenvalue weighted by Gasteiger charge is -2.21. The molecule has 3 N–H and O–H groups in total. The standard InChI is InChI=1S/C9H14N4O/c14-9(8-3-1-2-4-10-8)13-7-5-11-12-6-7/h5-6,8,10H,1-4H2,(H,11,12)(H,13,14). The minimum atomic E-state index is -0.0429. The maximum atomic E-state index is 11.7. The predicted octanol–water partition coefficient (Wildman–Crippen LogP) is 0.490. The monoisotopic (exact) mass is 194 g/mol. The summed E-state index contributed by atoms with van der Waals surface area (Å²) in [5.74, 6) is 0.0334. The van der Waals surface area contributed by atoms with E-state index in [9.17, 15) is 4.79 Å². The smallest absolute Gasteiger partial charge is 0.241 e. The zero-order chi connectivity index (χ0) is 9.80. The third-order valence-corrected chi connectivity index (χ3v) is 2.39. The van der Waals surface area contributed by atoms with Crippen molar-refractivity contribution in [2.24, 2.45) is 0 Å². The van der Waals surface area contributed by atoms with Crippen molar-refractivity contribution in [2.45, 2.75) is 25.3 Å². The number of anilines is 1. The number of hydrogen-bond acceptors (Lipinski definition) is 3. The molecule has 1 aromatic heterocycles. The van der Waals surface area contributed by atoms with Crippen LogP contribution in [0.5, 0.6) is 0 Å². The molecule has 76 valence electrons. The van der Waals surface area contributed by atoms with Gasteiger partial charge in [0.15, 0.2) is 0 Å². The number of nitrogens with one attached hydrogen (secondary N) is 3. The Bertz CT molecular complexity index is 290. The first kappa shape index (κ1) is 9.21. The summed E-state index contributed by atoms with van der Waals surface area (Å²) < 4.78 is 0. The van der Waals surface area contributed by atoms with Gasteiger partial charge in [0.1, 0.15) is 0 Å². The summed E-state index contributed by atoms with van der Waals surface area (Å²) in [6.45, 7) is 0.934. The first-order chi connectivity index (χ1) is 6.86. The van der Waals surface area contributed by atoms with Gasteiger partial charge in [-0.2, -0.15) is 5.10 Å². The van der Waals surface area contributed by atoms with E-state index in [1.807, 2.05) is 0 Å². The van der Waals surface area contributed by atoms with E-state index in [1.54, 1.807) is 12.4 Å². The van der Waals surface area contributed by atoms with Crippen molar-refractivity contribution in [3.05, 3.63) is 12.4 Å². The van der Waals surface area contributed by atoms with Crippen LogP contribution >= 0.6 is 0 Å². The third kappa shape index (κ3) is 2.11. The minimum Gasteiger partial charge on any atom is -0.322 e. The first-order valence-corrected chi connectivity index (χ1v) is 4.89. The van der Waals surface area contributed by atoms with E-state index in [0.29, 0.717) is 0 Å². The van der Waals surface area contributed by atoms with E-state index >= 15 is 0 Å². The third-order valence-electron chi connectivity index (χ3n) is 2.39. The Balaban J connectivity index is 1.88. The van der Waals surface area contributed by atoms with Gasteiger partial charge in [0.2, 0.25) is 5.91 Å². The van der Waals surface area contributed by atoms with Crippen LogP contribution in [0.25, 0.3) is 0 Å². The number of carbonyl (C=O) groups excluding carboxylic acids is 1. The molecular formula is C9H14N4O. The molecule has 14 heavy (non-hydrogen) atoms. The van der Waals surface area contributed by atoms with Crippen molar-refractivity contribution in [1.82, 2.24) is 15.5 Å². The summed E-state index contributed by atoms with van der Waals surface area (Å²) in [4.78, 5) is 11.7. The quantitative estimate of drug-likeness (QED) is 0.641. The molecule has 1 aromatic rings. The molecule has 0 bridgehead atoms. The highest BCUT2D eigenvalue weighted by atomic mass is 16.2. The Hall–Kier alpha value is -1.36. The molecule has 5 nitrogen and oxygen atoms in total. The fraction of sp³-hybridized carbons (Fsp3) is 0.556. The van der Waals surface area contributed by atoms with Gasteiger partial charge in [-0.3, -0.25) is 9.89 Å². The highest BCUT2D eigenvalue weighted by Crippen LogP contribution is 2.09. The number of nitrogens with zero attached hydrogens (tertiary/aromatic N) is 1. The number of carbonyl (C=O) groups is 1. The van der Waals surface area contributed by atoms with Crippen LogP contribution in [0.15, 0.2) is 12.4 Å². The predicted molar refractivity (Wildman–Crippen MR) is 52.9 cm³/mol. The second-order valence-corrected chi connectivity index (χ2v) is 3.48. The van der Waals surface area contributed by atoms with Crippen LogP contribution in [0, 0.1) is 0 Å². The van der Waals surface area contributed by atoms with Gasteiger partial charge in [0.25, 0.3) is 0 Å². The second-order valence-electron chi connectivity index (χ2n) is 3.48. The normalized spacial score (nSPS) is 21.9. The summed E-state index contributed by atoms with van der Waals surface area (Å²) in [6, 6.07) is -0.0429. The van der Waals surface area contributed by atoms with Gasteiger partial charge in [-0.25, -0.2) is 0 Å². The SMILES string of the molecule is O=C(Nc1cn[nH]c1)C1CCCCN1. The van der Waals surface area contributed by atoms with E-state index in [1.165, 1.54) is 0 Å². The van der Waals surface area contributed by atoms with E-state index in [0.717, 1.165) is 31.5 Å². The number of aromatic nitrogens is 2. The van der Waals surface area contributed by atoms with E-state index in [4.69, 9.17) is 0 Å². The Labute approximate surface area is 82.3 Å². The maximum Gasteiger partial charge on any atom is 0.241 e. The average molecular weight is 194 g/mol. The molecule has 2 heterocycles. The lowest BCUT2D eigenvalue weighted by molar-refractivity contribution is -0.118. The van der Waals surface area contributed by atoms with Gasteiger partial charge in [0.05, 0.1) is 17.9 Å². The zero-order valence-corrected chi connectivity index (χ0v) is 7.92. The minimum absolute atomic E-state index is 0.0334. The lowest BCUT2D eigenvalue weighted by Crippen LogP contribution is -2.43. The van der Waals surface area contributed by atoms with E-state index in [2.05, 4.69) is 20.8 Å². The largest absolute Gasteiger partial charge is 0.322 e. The maximum absolute atomic E-state index is 11.7. The van der Waals surface area contributed by atoms with Crippen LogP contribution in [0.2, 0.25) is 0 Å². The van der Waals surface area contributed by atoms with Crippen LogP contribution in [0.1, 0.15) is 19.3 Å². The number of aromatic amines is 1. The van der Waals surface area contributed by atoms with Crippen molar-refractivity contribution in [3.8, 4) is 0 Å². The summed E-state index contributed by atoms with van der Waals surface area (Å²) in [6.07, 6.45) is 6.47. The molecule has 1 saturated heterocycles. The summed E-state index contributed by atoms with van der Waals surface area (Å²) >= 11 is 0. The summed E-state index contributed by atoms with van der Waals surface area (Å²) in [5.41, 5.74) is 0.724. The van der Waals surface area contributed by atoms with Gasteiger partial charge < -0.3 is 10.6 Å². The molecule has 0 spiro atoms. The Morgan fingerprint density at radius 1 is 1.57 bits per heavy atom. The Kier molecular flexibility index (Phi) is 2.78. The molecule has 0 aliphatic carbocycles. The van der Waals surface area contributed by atoms with Gasteiger partial charge in [-0.1, -0.05) is 6.42 Å². The number of H-pyrrole nitrogens is 1. The van der Waals surface area contributed by atoms with Crippen LogP contribution < -0.4 is 10.6 Å². The first-order valence-electron chi connectivity index (χ1n) is 4.89. The van der Waals surface area contributed by atoms with Gasteiger partial charge in [-0.05, 0) is 19.4 Å². The van der Waals surface area contributed by atoms with Crippen molar-refractivity contribution < 1.29 is 4.79 Å². The molecule has 5 heteroatoms. The van der Waals surface area contributed by atoms with Crippen LogP contribution in [-0.4, -0.2) is 28.7 Å². The Morgan fingerprint density at radius 2 is 2.50 bits per heavy atom. The molecule has 1 unspecified atom stereocenters. The summed E-state index contributed by atoms with van der Waals surface area (Å²) in [5, 5.41) is 12.4. The molecule has 2 rings (SSSR count).